The first-order valence-corrected chi connectivity index (χ1v) is 11.4. The zero-order chi connectivity index (χ0) is 17.7. The molecule has 0 aromatic carbocycles. The molecule has 0 spiro atoms. The Morgan fingerprint density at radius 1 is 0.500 bits per heavy atom. The van der Waals surface area contributed by atoms with E-state index in [1.807, 2.05) is 0 Å². The van der Waals surface area contributed by atoms with E-state index in [2.05, 4.69) is 32.9 Å². The second-order valence-electron chi connectivity index (χ2n) is 8.18. The van der Waals surface area contributed by atoms with Crippen LogP contribution in [0.25, 0.3) is 0 Å². The van der Waals surface area contributed by atoms with Gasteiger partial charge in [-0.25, -0.2) is 0 Å². The SMILES string of the molecule is CCCCCCCCCCCCCCC=CCCCCCC(C)C. The lowest BCUT2D eigenvalue weighted by molar-refractivity contribution is 0.528. The van der Waals surface area contributed by atoms with Crippen molar-refractivity contribution >= 4 is 0 Å². The molecule has 0 aliphatic rings. The maximum absolute atomic E-state index is 2.43. The summed E-state index contributed by atoms with van der Waals surface area (Å²) in [5.41, 5.74) is 0. The molecule has 24 heavy (non-hydrogen) atoms. The van der Waals surface area contributed by atoms with E-state index in [4.69, 9.17) is 0 Å². The molecule has 0 saturated carbocycles. The summed E-state index contributed by atoms with van der Waals surface area (Å²) >= 11 is 0. The molecule has 0 heteroatoms. The van der Waals surface area contributed by atoms with Crippen LogP contribution in [0, 0.1) is 5.92 Å². The van der Waals surface area contributed by atoms with Crippen molar-refractivity contribution in [3.8, 4) is 0 Å². The minimum atomic E-state index is 0.881. The second-order valence-corrected chi connectivity index (χ2v) is 8.18. The van der Waals surface area contributed by atoms with Gasteiger partial charge in [-0.3, -0.25) is 0 Å². The van der Waals surface area contributed by atoms with Gasteiger partial charge in [0, 0.05) is 0 Å². The fourth-order valence-electron chi connectivity index (χ4n) is 3.33. The number of rotatable bonds is 19. The van der Waals surface area contributed by atoms with Crippen molar-refractivity contribution in [1.29, 1.82) is 0 Å². The average Bonchev–Trinajstić information content (AvgIpc) is 2.56. The standard InChI is InChI=1S/C24H48/c1-4-5-6-7-8-9-10-11-12-13-14-15-16-17-18-19-20-21-22-23-24(2)3/h17-18,24H,4-16,19-23H2,1-3H3. The smallest absolute Gasteiger partial charge is 0.0351 e. The molecule has 0 atom stereocenters. The minimum absolute atomic E-state index is 0.881. The van der Waals surface area contributed by atoms with Crippen LogP contribution in [-0.4, -0.2) is 0 Å². The van der Waals surface area contributed by atoms with Crippen molar-refractivity contribution in [2.24, 2.45) is 5.92 Å². The van der Waals surface area contributed by atoms with E-state index in [0.29, 0.717) is 0 Å². The molecular formula is C24H48. The molecule has 0 saturated heterocycles. The molecular weight excluding hydrogens is 288 g/mol. The molecule has 0 aromatic rings. The molecule has 0 fully saturated rings. The number of hydrogen-bond acceptors (Lipinski definition) is 0. The zero-order valence-corrected chi connectivity index (χ0v) is 17.5. The lowest BCUT2D eigenvalue weighted by Crippen LogP contribution is -1.86. The summed E-state index contributed by atoms with van der Waals surface area (Å²) in [6, 6.07) is 0. The van der Waals surface area contributed by atoms with Gasteiger partial charge in [0.25, 0.3) is 0 Å². The van der Waals surface area contributed by atoms with Gasteiger partial charge in [0.15, 0.2) is 0 Å². The molecule has 0 heterocycles. The lowest BCUT2D eigenvalue weighted by atomic mass is 10.0. The van der Waals surface area contributed by atoms with E-state index >= 15 is 0 Å². The topological polar surface area (TPSA) is 0 Å². The molecule has 0 radical (unpaired) electrons. The Balaban J connectivity index is 3.05. The predicted molar refractivity (Wildman–Crippen MR) is 113 cm³/mol. The highest BCUT2D eigenvalue weighted by molar-refractivity contribution is 4.81. The Morgan fingerprint density at radius 2 is 0.875 bits per heavy atom. The van der Waals surface area contributed by atoms with Crippen LogP contribution < -0.4 is 0 Å². The third-order valence-electron chi connectivity index (χ3n) is 5.04. The Hall–Kier alpha value is -0.260. The fourth-order valence-corrected chi connectivity index (χ4v) is 3.33. The normalized spacial score (nSPS) is 11.8. The molecule has 0 unspecified atom stereocenters. The van der Waals surface area contributed by atoms with Gasteiger partial charge in [-0.05, 0) is 31.6 Å². The zero-order valence-electron chi connectivity index (χ0n) is 17.5. The minimum Gasteiger partial charge on any atom is -0.0885 e. The van der Waals surface area contributed by atoms with Crippen molar-refractivity contribution < 1.29 is 0 Å². The Morgan fingerprint density at radius 3 is 1.29 bits per heavy atom. The largest absolute Gasteiger partial charge is 0.0885 e. The quantitative estimate of drug-likeness (QED) is 0.163. The fraction of sp³-hybridized carbons (Fsp3) is 0.917. The van der Waals surface area contributed by atoms with Crippen LogP contribution in [0.5, 0.6) is 0 Å². The van der Waals surface area contributed by atoms with Crippen LogP contribution in [-0.2, 0) is 0 Å². The first-order chi connectivity index (χ1) is 11.8. The molecule has 0 amide bonds. The van der Waals surface area contributed by atoms with Crippen LogP contribution in [0.2, 0.25) is 0 Å². The molecule has 144 valence electrons. The Labute approximate surface area is 154 Å². The van der Waals surface area contributed by atoms with E-state index in [1.165, 1.54) is 116 Å². The van der Waals surface area contributed by atoms with Crippen molar-refractivity contribution in [2.75, 3.05) is 0 Å². The van der Waals surface area contributed by atoms with E-state index in [9.17, 15) is 0 Å². The Bertz CT molecular complexity index is 238. The molecule has 0 aromatic heterocycles. The van der Waals surface area contributed by atoms with Gasteiger partial charge < -0.3 is 0 Å². The van der Waals surface area contributed by atoms with Crippen molar-refractivity contribution in [1.82, 2.24) is 0 Å². The van der Waals surface area contributed by atoms with Gasteiger partial charge in [0.1, 0.15) is 0 Å². The highest BCUT2D eigenvalue weighted by atomic mass is 14.0. The number of unbranched alkanes of at least 4 members (excludes halogenated alkanes) is 15. The van der Waals surface area contributed by atoms with Gasteiger partial charge in [-0.1, -0.05) is 123 Å². The summed E-state index contributed by atoms with van der Waals surface area (Å²) in [6.45, 7) is 6.95. The number of hydrogen-bond donors (Lipinski definition) is 0. The highest BCUT2D eigenvalue weighted by Gasteiger charge is 1.94. The van der Waals surface area contributed by atoms with E-state index in [0.717, 1.165) is 5.92 Å². The summed E-state index contributed by atoms with van der Waals surface area (Å²) in [6.07, 6.45) is 30.5. The summed E-state index contributed by atoms with van der Waals surface area (Å²) in [4.78, 5) is 0. The summed E-state index contributed by atoms with van der Waals surface area (Å²) in [7, 11) is 0. The van der Waals surface area contributed by atoms with Gasteiger partial charge in [-0.2, -0.15) is 0 Å². The van der Waals surface area contributed by atoms with Crippen LogP contribution in [0.15, 0.2) is 12.2 Å². The van der Waals surface area contributed by atoms with Crippen LogP contribution in [0.4, 0.5) is 0 Å². The maximum atomic E-state index is 2.43. The predicted octanol–water partition coefficient (Wildman–Crippen LogP) is 9.24. The van der Waals surface area contributed by atoms with Crippen LogP contribution in [0.1, 0.15) is 136 Å². The van der Waals surface area contributed by atoms with Crippen molar-refractivity contribution in [3.63, 3.8) is 0 Å². The first-order valence-electron chi connectivity index (χ1n) is 11.4. The van der Waals surface area contributed by atoms with Gasteiger partial charge in [-0.15, -0.1) is 0 Å². The average molecular weight is 337 g/mol. The molecule has 0 N–H and O–H groups in total. The molecule has 0 rings (SSSR count). The molecule has 0 nitrogen and oxygen atoms in total. The van der Waals surface area contributed by atoms with Crippen LogP contribution >= 0.6 is 0 Å². The Kier molecular flexibility index (Phi) is 20.6. The van der Waals surface area contributed by atoms with Crippen LogP contribution in [0.3, 0.4) is 0 Å². The van der Waals surface area contributed by atoms with E-state index in [1.54, 1.807) is 0 Å². The molecule has 0 aliphatic heterocycles. The molecule has 0 bridgehead atoms. The summed E-state index contributed by atoms with van der Waals surface area (Å²) in [5, 5.41) is 0. The summed E-state index contributed by atoms with van der Waals surface area (Å²) < 4.78 is 0. The van der Waals surface area contributed by atoms with Crippen molar-refractivity contribution in [2.45, 2.75) is 136 Å². The third-order valence-corrected chi connectivity index (χ3v) is 5.04. The maximum Gasteiger partial charge on any atom is -0.0351 e. The lowest BCUT2D eigenvalue weighted by Gasteiger charge is -2.03. The van der Waals surface area contributed by atoms with Crippen molar-refractivity contribution in [3.05, 3.63) is 12.2 Å². The van der Waals surface area contributed by atoms with Gasteiger partial charge in [0.2, 0.25) is 0 Å². The van der Waals surface area contributed by atoms with Gasteiger partial charge in [0.05, 0.1) is 0 Å². The second kappa shape index (κ2) is 20.8. The molecule has 0 aliphatic carbocycles. The summed E-state index contributed by atoms with van der Waals surface area (Å²) in [5.74, 6) is 0.881. The first kappa shape index (κ1) is 23.7. The highest BCUT2D eigenvalue weighted by Crippen LogP contribution is 2.13. The monoisotopic (exact) mass is 336 g/mol. The van der Waals surface area contributed by atoms with E-state index in [-0.39, 0.29) is 0 Å². The number of allylic oxidation sites excluding steroid dienone is 2. The van der Waals surface area contributed by atoms with E-state index < -0.39 is 0 Å². The third kappa shape index (κ3) is 21.7. The van der Waals surface area contributed by atoms with Gasteiger partial charge >= 0.3 is 0 Å².